The molecular weight excluding hydrogens is 368 g/mol. The molecule has 7 heteroatoms. The quantitative estimate of drug-likeness (QED) is 0.877. The summed E-state index contributed by atoms with van der Waals surface area (Å²) in [6, 6.07) is 12.7. The van der Waals surface area contributed by atoms with Gasteiger partial charge in [-0.3, -0.25) is 9.59 Å². The van der Waals surface area contributed by atoms with Crippen LogP contribution in [0.4, 0.5) is 5.69 Å². The third-order valence-corrected chi connectivity index (χ3v) is 4.96. The van der Waals surface area contributed by atoms with Gasteiger partial charge in [0.2, 0.25) is 11.8 Å². The molecule has 6 nitrogen and oxygen atoms in total. The average Bonchev–Trinajstić information content (AvgIpc) is 3.08. The summed E-state index contributed by atoms with van der Waals surface area (Å²) in [7, 11) is 0. The highest BCUT2D eigenvalue weighted by atomic mass is 35.5. The van der Waals surface area contributed by atoms with Crippen LogP contribution in [0.5, 0.6) is 11.5 Å². The lowest BCUT2D eigenvalue weighted by Gasteiger charge is -2.19. The molecule has 0 radical (unpaired) electrons. The molecule has 4 rings (SSSR count). The van der Waals surface area contributed by atoms with Crippen LogP contribution in [0.3, 0.4) is 0 Å². The van der Waals surface area contributed by atoms with Crippen molar-refractivity contribution in [2.24, 2.45) is 5.92 Å². The van der Waals surface area contributed by atoms with E-state index in [0.29, 0.717) is 37.1 Å². The van der Waals surface area contributed by atoms with Crippen LogP contribution < -0.4 is 19.7 Å². The predicted octanol–water partition coefficient (Wildman–Crippen LogP) is 2.78. The zero-order valence-corrected chi connectivity index (χ0v) is 15.4. The second-order valence-corrected chi connectivity index (χ2v) is 7.01. The van der Waals surface area contributed by atoms with Crippen molar-refractivity contribution in [3.8, 4) is 11.5 Å². The van der Waals surface area contributed by atoms with Gasteiger partial charge in [-0.05, 0) is 42.0 Å². The van der Waals surface area contributed by atoms with Crippen LogP contribution in [-0.2, 0) is 16.1 Å². The molecule has 2 amide bonds. The molecule has 1 atom stereocenters. The fraction of sp³-hybridized carbons (Fsp3) is 0.300. The minimum atomic E-state index is -0.370. The third kappa shape index (κ3) is 3.85. The van der Waals surface area contributed by atoms with E-state index < -0.39 is 0 Å². The first kappa shape index (κ1) is 17.7. The summed E-state index contributed by atoms with van der Waals surface area (Å²) in [5.74, 6) is 0.853. The van der Waals surface area contributed by atoms with Gasteiger partial charge in [0, 0.05) is 30.2 Å². The van der Waals surface area contributed by atoms with Gasteiger partial charge in [0.25, 0.3) is 0 Å². The molecule has 0 aromatic heterocycles. The second kappa shape index (κ2) is 7.48. The van der Waals surface area contributed by atoms with E-state index in [2.05, 4.69) is 5.32 Å². The number of nitrogens with one attached hydrogen (secondary N) is 1. The van der Waals surface area contributed by atoms with Crippen molar-refractivity contribution in [1.29, 1.82) is 0 Å². The largest absolute Gasteiger partial charge is 0.486 e. The van der Waals surface area contributed by atoms with Gasteiger partial charge in [-0.2, -0.15) is 0 Å². The van der Waals surface area contributed by atoms with Crippen molar-refractivity contribution >= 4 is 29.1 Å². The fourth-order valence-electron chi connectivity index (χ4n) is 3.29. The van der Waals surface area contributed by atoms with E-state index in [1.165, 1.54) is 0 Å². The number of anilines is 1. The van der Waals surface area contributed by atoms with Crippen molar-refractivity contribution in [3.63, 3.8) is 0 Å². The number of halogens is 1. The molecule has 1 saturated heterocycles. The topological polar surface area (TPSA) is 67.9 Å². The maximum atomic E-state index is 12.5. The summed E-state index contributed by atoms with van der Waals surface area (Å²) in [5, 5.41) is 3.52. The minimum Gasteiger partial charge on any atom is -0.486 e. The molecule has 0 bridgehead atoms. The van der Waals surface area contributed by atoms with Gasteiger partial charge in [0.15, 0.2) is 11.5 Å². The van der Waals surface area contributed by atoms with E-state index in [9.17, 15) is 9.59 Å². The number of fused-ring (bicyclic) bond motifs is 1. The maximum absolute atomic E-state index is 12.5. The maximum Gasteiger partial charge on any atom is 0.227 e. The molecular formula is C20H19ClN2O4. The highest BCUT2D eigenvalue weighted by Gasteiger charge is 2.35. The van der Waals surface area contributed by atoms with Gasteiger partial charge in [-0.15, -0.1) is 0 Å². The summed E-state index contributed by atoms with van der Waals surface area (Å²) in [4.78, 5) is 26.4. The van der Waals surface area contributed by atoms with E-state index in [1.807, 2.05) is 18.2 Å². The van der Waals surface area contributed by atoms with Crippen molar-refractivity contribution in [2.75, 3.05) is 24.7 Å². The van der Waals surface area contributed by atoms with E-state index in [1.54, 1.807) is 29.2 Å². The first-order valence-corrected chi connectivity index (χ1v) is 9.20. The van der Waals surface area contributed by atoms with Gasteiger partial charge in [0.1, 0.15) is 13.2 Å². The molecule has 0 spiro atoms. The Hall–Kier alpha value is -2.73. The highest BCUT2D eigenvalue weighted by molar-refractivity contribution is 6.30. The van der Waals surface area contributed by atoms with Gasteiger partial charge < -0.3 is 19.7 Å². The number of ether oxygens (including phenoxy) is 2. The second-order valence-electron chi connectivity index (χ2n) is 6.58. The Bertz CT molecular complexity index is 869. The van der Waals surface area contributed by atoms with Crippen molar-refractivity contribution < 1.29 is 19.1 Å². The van der Waals surface area contributed by atoms with E-state index in [4.69, 9.17) is 21.1 Å². The molecule has 2 aliphatic heterocycles. The minimum absolute atomic E-state index is 0.0585. The van der Waals surface area contributed by atoms with E-state index in [0.717, 1.165) is 17.0 Å². The van der Waals surface area contributed by atoms with Crippen LogP contribution in [0, 0.1) is 5.92 Å². The normalized spacial score (nSPS) is 18.5. The lowest BCUT2D eigenvalue weighted by molar-refractivity contribution is -0.126. The average molecular weight is 387 g/mol. The lowest BCUT2D eigenvalue weighted by atomic mass is 10.1. The molecule has 1 N–H and O–H groups in total. The third-order valence-electron chi connectivity index (χ3n) is 4.71. The highest BCUT2D eigenvalue weighted by Crippen LogP contribution is 2.31. The van der Waals surface area contributed by atoms with Crippen LogP contribution in [0.1, 0.15) is 12.0 Å². The van der Waals surface area contributed by atoms with Crippen LogP contribution >= 0.6 is 11.6 Å². The summed E-state index contributed by atoms with van der Waals surface area (Å²) >= 11 is 5.89. The summed E-state index contributed by atoms with van der Waals surface area (Å²) in [5.41, 5.74) is 1.68. The SMILES string of the molecule is O=C(NCc1ccc2c(c1)OCCO2)C1CC(=O)N(c2ccc(Cl)cc2)C1. The number of hydrogen-bond acceptors (Lipinski definition) is 4. The Labute approximate surface area is 162 Å². The van der Waals surface area contributed by atoms with Crippen LogP contribution in [-0.4, -0.2) is 31.6 Å². The molecule has 1 unspecified atom stereocenters. The Balaban J connectivity index is 1.36. The number of hydrogen-bond donors (Lipinski definition) is 1. The van der Waals surface area contributed by atoms with Crippen molar-refractivity contribution in [2.45, 2.75) is 13.0 Å². The first-order valence-electron chi connectivity index (χ1n) is 8.82. The zero-order chi connectivity index (χ0) is 18.8. The molecule has 0 saturated carbocycles. The van der Waals surface area contributed by atoms with Crippen molar-refractivity contribution in [1.82, 2.24) is 5.32 Å². The zero-order valence-electron chi connectivity index (χ0n) is 14.6. The number of nitrogens with zero attached hydrogens (tertiary/aromatic N) is 1. The number of carbonyl (C=O) groups excluding carboxylic acids is 2. The predicted molar refractivity (Wildman–Crippen MR) is 101 cm³/mol. The summed E-state index contributed by atoms with van der Waals surface area (Å²) < 4.78 is 11.1. The molecule has 2 aromatic rings. The number of carbonyl (C=O) groups is 2. The van der Waals surface area contributed by atoms with Crippen LogP contribution in [0.2, 0.25) is 5.02 Å². The molecule has 2 aliphatic rings. The number of benzene rings is 2. The lowest BCUT2D eigenvalue weighted by Crippen LogP contribution is -2.32. The summed E-state index contributed by atoms with van der Waals surface area (Å²) in [6.45, 7) is 1.81. The standard InChI is InChI=1S/C20H19ClN2O4/c21-15-2-4-16(5-3-15)23-12-14(10-19(23)24)20(25)22-11-13-1-6-17-18(9-13)27-8-7-26-17/h1-6,9,14H,7-8,10-12H2,(H,22,25). The molecule has 27 heavy (non-hydrogen) atoms. The van der Waals surface area contributed by atoms with Gasteiger partial charge >= 0.3 is 0 Å². The number of rotatable bonds is 4. The summed E-state index contributed by atoms with van der Waals surface area (Å²) in [6.07, 6.45) is 0.204. The first-order chi connectivity index (χ1) is 13.1. The molecule has 140 valence electrons. The molecule has 0 aliphatic carbocycles. The van der Waals surface area contributed by atoms with E-state index >= 15 is 0 Å². The Kier molecular flexibility index (Phi) is 4.90. The monoisotopic (exact) mass is 386 g/mol. The Morgan fingerprint density at radius 3 is 2.63 bits per heavy atom. The molecule has 1 fully saturated rings. The Morgan fingerprint density at radius 2 is 1.85 bits per heavy atom. The van der Waals surface area contributed by atoms with Gasteiger partial charge in [-0.25, -0.2) is 0 Å². The van der Waals surface area contributed by atoms with Crippen LogP contribution in [0.25, 0.3) is 0 Å². The molecule has 2 heterocycles. The van der Waals surface area contributed by atoms with Crippen molar-refractivity contribution in [3.05, 3.63) is 53.1 Å². The number of amides is 2. The fourth-order valence-corrected chi connectivity index (χ4v) is 3.41. The Morgan fingerprint density at radius 1 is 1.11 bits per heavy atom. The van der Waals surface area contributed by atoms with Gasteiger partial charge in [0.05, 0.1) is 5.92 Å². The van der Waals surface area contributed by atoms with Crippen LogP contribution in [0.15, 0.2) is 42.5 Å². The van der Waals surface area contributed by atoms with Gasteiger partial charge in [-0.1, -0.05) is 17.7 Å². The smallest absolute Gasteiger partial charge is 0.227 e. The molecule has 2 aromatic carbocycles. The van der Waals surface area contributed by atoms with E-state index in [-0.39, 0.29) is 24.2 Å².